The van der Waals surface area contributed by atoms with Crippen molar-refractivity contribution in [3.05, 3.63) is 96.1 Å². The fourth-order valence-electron chi connectivity index (χ4n) is 4.82. The van der Waals surface area contributed by atoms with Crippen molar-refractivity contribution in [2.75, 3.05) is 19.7 Å². The van der Waals surface area contributed by atoms with Gasteiger partial charge in [0, 0.05) is 0 Å². The van der Waals surface area contributed by atoms with Crippen molar-refractivity contribution < 1.29 is 18.3 Å². The number of sulfonamides is 1. The van der Waals surface area contributed by atoms with Crippen LogP contribution in [0.15, 0.2) is 89.8 Å². The van der Waals surface area contributed by atoms with E-state index in [1.54, 1.807) is 12.1 Å². The SMILES string of the molecule is CC(C)CN(C(CO)CCCCNC(=O)C([AsH2])C(c1ccccc1)c1ccccc1)S(=O)(=O)c1ccc([AsH2])cc1. The molecule has 4 atom stereocenters. The fraction of sp³-hybridized carbons (Fsp3) is 0.387. The summed E-state index contributed by atoms with van der Waals surface area (Å²) in [4.78, 5) is 13.5. The maximum absolute atomic E-state index is 13.5. The van der Waals surface area contributed by atoms with Crippen molar-refractivity contribution in [2.24, 2.45) is 5.92 Å². The Morgan fingerprint density at radius 3 is 1.95 bits per heavy atom. The standard InChI is InChI=1S/C31H42As2N2O4S/c1-23(2)21-35(40(38,39)28-18-16-26(32)17-19-28)27(22-36)15-9-10-20-34-31(37)30(33)29(24-11-5-3-6-12-24)25-13-7-4-8-14-25/h3-8,11-14,16-19,23,27,29-30,36H,9-10,15,20-22,32-33H2,1-2H3,(H,34,37). The van der Waals surface area contributed by atoms with E-state index < -0.39 is 16.1 Å². The number of amides is 1. The molecule has 0 aliphatic heterocycles. The summed E-state index contributed by atoms with van der Waals surface area (Å²) in [6.07, 6.45) is 1.90. The third-order valence-electron chi connectivity index (χ3n) is 6.89. The number of hydrogen-bond donors (Lipinski definition) is 2. The summed E-state index contributed by atoms with van der Waals surface area (Å²) in [6.45, 7) is 4.55. The first kappa shape index (κ1) is 32.6. The Labute approximate surface area is 257 Å². The average molecular weight is 689 g/mol. The minimum atomic E-state index is -3.74. The number of unbranched alkanes of at least 4 members (excludes halogenated alkanes) is 1. The summed E-state index contributed by atoms with van der Waals surface area (Å²) in [5.41, 5.74) is 2.23. The van der Waals surface area contributed by atoms with Crippen LogP contribution in [-0.4, -0.2) is 83.2 Å². The van der Waals surface area contributed by atoms with Gasteiger partial charge in [-0.3, -0.25) is 0 Å². The molecule has 9 heteroatoms. The molecule has 3 aromatic carbocycles. The van der Waals surface area contributed by atoms with Gasteiger partial charge in [0.2, 0.25) is 0 Å². The first-order valence-corrected chi connectivity index (χ1v) is 17.8. The first-order valence-electron chi connectivity index (χ1n) is 13.8. The van der Waals surface area contributed by atoms with E-state index in [0.717, 1.165) is 15.5 Å². The molecular formula is C31H42As2N2O4S. The predicted octanol–water partition coefficient (Wildman–Crippen LogP) is 2.49. The van der Waals surface area contributed by atoms with Crippen molar-refractivity contribution in [3.8, 4) is 0 Å². The van der Waals surface area contributed by atoms with Gasteiger partial charge in [0.05, 0.1) is 0 Å². The van der Waals surface area contributed by atoms with Crippen LogP contribution in [0, 0.1) is 5.92 Å². The Morgan fingerprint density at radius 2 is 1.45 bits per heavy atom. The number of nitrogens with zero attached hydrogens (tertiary/aromatic N) is 1. The number of rotatable bonds is 15. The Kier molecular flexibility index (Phi) is 13.0. The summed E-state index contributed by atoms with van der Waals surface area (Å²) in [6, 6.07) is 26.7. The molecule has 216 valence electrons. The van der Waals surface area contributed by atoms with E-state index in [1.165, 1.54) is 38.0 Å². The molecule has 0 aliphatic carbocycles. The number of carbonyl (C=O) groups excluding carboxylic acids is 1. The molecule has 6 nitrogen and oxygen atoms in total. The summed E-state index contributed by atoms with van der Waals surface area (Å²) in [7, 11) is -3.74. The second-order valence-electron chi connectivity index (χ2n) is 10.5. The third kappa shape index (κ3) is 9.06. The van der Waals surface area contributed by atoms with Crippen molar-refractivity contribution in [2.45, 2.75) is 54.7 Å². The number of carbonyl (C=O) groups is 1. The molecule has 0 spiro atoms. The van der Waals surface area contributed by atoms with Crippen LogP contribution >= 0.6 is 0 Å². The molecule has 0 bridgehead atoms. The molecule has 1 amide bonds. The zero-order valence-corrected chi connectivity index (χ0v) is 29.0. The summed E-state index contributed by atoms with van der Waals surface area (Å²) >= 11 is 2.84. The summed E-state index contributed by atoms with van der Waals surface area (Å²) in [5.74, 6) is 0.0994. The van der Waals surface area contributed by atoms with Crippen molar-refractivity contribution in [1.29, 1.82) is 0 Å². The molecule has 0 aromatic heterocycles. The van der Waals surface area contributed by atoms with Crippen LogP contribution in [0.3, 0.4) is 0 Å². The van der Waals surface area contributed by atoms with Gasteiger partial charge >= 0.3 is 258 Å². The molecule has 0 fully saturated rings. The third-order valence-corrected chi connectivity index (χ3v) is 11.1. The molecule has 0 radical (unpaired) electrons. The van der Waals surface area contributed by atoms with Crippen molar-refractivity contribution in [3.63, 3.8) is 0 Å². The summed E-state index contributed by atoms with van der Waals surface area (Å²) in [5, 5.41) is 13.3. The van der Waals surface area contributed by atoms with E-state index in [9.17, 15) is 18.3 Å². The quantitative estimate of drug-likeness (QED) is 0.190. The van der Waals surface area contributed by atoms with Gasteiger partial charge < -0.3 is 0 Å². The van der Waals surface area contributed by atoms with Crippen LogP contribution in [0.25, 0.3) is 0 Å². The molecular weight excluding hydrogens is 646 g/mol. The Morgan fingerprint density at radius 1 is 0.900 bits per heavy atom. The minimum absolute atomic E-state index is 0.0150. The topological polar surface area (TPSA) is 86.7 Å². The van der Waals surface area contributed by atoms with Crippen LogP contribution in [0.1, 0.15) is 50.2 Å². The molecule has 3 rings (SSSR count). The van der Waals surface area contributed by atoms with E-state index in [4.69, 9.17) is 0 Å². The van der Waals surface area contributed by atoms with E-state index in [-0.39, 0.29) is 34.0 Å². The average Bonchev–Trinajstić information content (AvgIpc) is 2.95. The van der Waals surface area contributed by atoms with Crippen molar-refractivity contribution >= 4 is 54.0 Å². The van der Waals surface area contributed by atoms with Gasteiger partial charge in [-0.25, -0.2) is 0 Å². The van der Waals surface area contributed by atoms with Crippen molar-refractivity contribution in [1.82, 2.24) is 9.62 Å². The van der Waals surface area contributed by atoms with E-state index in [2.05, 4.69) is 29.6 Å². The van der Waals surface area contributed by atoms with Gasteiger partial charge in [0.25, 0.3) is 0 Å². The molecule has 3 aromatic rings. The number of aliphatic hydroxyl groups is 1. The van der Waals surface area contributed by atoms with E-state index in [1.807, 2.05) is 62.4 Å². The zero-order chi connectivity index (χ0) is 29.1. The van der Waals surface area contributed by atoms with Crippen LogP contribution in [0.2, 0.25) is 4.71 Å². The van der Waals surface area contributed by atoms with E-state index >= 15 is 0 Å². The van der Waals surface area contributed by atoms with E-state index in [0.29, 0.717) is 32.4 Å². The maximum atomic E-state index is 13.5. The monoisotopic (exact) mass is 688 g/mol. The molecule has 4 unspecified atom stereocenters. The number of nitrogens with one attached hydrogen (secondary N) is 1. The van der Waals surface area contributed by atoms with Gasteiger partial charge in [-0.2, -0.15) is 0 Å². The Hall–Kier alpha value is -1.88. The number of aliphatic hydroxyl groups excluding tert-OH is 1. The summed E-state index contributed by atoms with van der Waals surface area (Å²) < 4.78 is 29.3. The number of benzene rings is 3. The van der Waals surface area contributed by atoms with Gasteiger partial charge in [-0.1, -0.05) is 0 Å². The molecule has 2 N–H and O–H groups in total. The zero-order valence-electron chi connectivity index (χ0n) is 23.3. The van der Waals surface area contributed by atoms with Gasteiger partial charge in [-0.05, 0) is 0 Å². The first-order chi connectivity index (χ1) is 19.1. The Bertz CT molecular complexity index is 1250. The van der Waals surface area contributed by atoms with Gasteiger partial charge in [0.1, 0.15) is 0 Å². The van der Waals surface area contributed by atoms with Gasteiger partial charge in [-0.15, -0.1) is 0 Å². The van der Waals surface area contributed by atoms with Crippen LogP contribution in [0.5, 0.6) is 0 Å². The van der Waals surface area contributed by atoms with Crippen LogP contribution in [-0.2, 0) is 14.8 Å². The second kappa shape index (κ2) is 15.9. The van der Waals surface area contributed by atoms with Crippen LogP contribution < -0.4 is 9.67 Å². The molecule has 0 saturated carbocycles. The molecule has 0 aliphatic rings. The second-order valence-corrected chi connectivity index (χ2v) is 15.3. The van der Waals surface area contributed by atoms with Crippen LogP contribution in [0.4, 0.5) is 0 Å². The normalized spacial score (nSPS) is 13.5. The molecule has 0 saturated heterocycles. The predicted molar refractivity (Wildman–Crippen MR) is 168 cm³/mol. The molecule has 40 heavy (non-hydrogen) atoms. The number of hydrogen-bond acceptors (Lipinski definition) is 4. The van der Waals surface area contributed by atoms with Gasteiger partial charge in [0.15, 0.2) is 0 Å². The Balaban J connectivity index is 1.60. The fourth-order valence-corrected chi connectivity index (χ4v) is 8.21. The molecule has 0 heterocycles.